The Morgan fingerprint density at radius 1 is 1.50 bits per heavy atom. The number of nitrogens with zero attached hydrogens (tertiary/aromatic N) is 2. The molecule has 114 valence electrons. The van der Waals surface area contributed by atoms with Gasteiger partial charge in [0.15, 0.2) is 6.04 Å². The van der Waals surface area contributed by atoms with Crippen molar-refractivity contribution in [2.45, 2.75) is 13.0 Å². The molecule has 8 heteroatoms. The van der Waals surface area contributed by atoms with E-state index in [1.807, 2.05) is 0 Å². The van der Waals surface area contributed by atoms with Crippen LogP contribution in [-0.2, 0) is 19.1 Å². The summed E-state index contributed by atoms with van der Waals surface area (Å²) in [5, 5.41) is 8.86. The number of aliphatic carboxylic acids is 1. The number of amides is 2. The van der Waals surface area contributed by atoms with E-state index in [1.54, 1.807) is 0 Å². The van der Waals surface area contributed by atoms with Crippen molar-refractivity contribution in [3.8, 4) is 0 Å². The van der Waals surface area contributed by atoms with Gasteiger partial charge >= 0.3 is 18.0 Å². The van der Waals surface area contributed by atoms with Crippen LogP contribution in [-0.4, -0.2) is 79.4 Å². The highest BCUT2D eigenvalue weighted by Crippen LogP contribution is 2.12. The molecule has 0 aromatic carbocycles. The van der Waals surface area contributed by atoms with Gasteiger partial charge in [-0.1, -0.05) is 6.92 Å². The van der Waals surface area contributed by atoms with Crippen LogP contribution in [0.4, 0.5) is 4.79 Å². The summed E-state index contributed by atoms with van der Waals surface area (Å²) in [5.41, 5.74) is 0. The third-order valence-electron chi connectivity index (χ3n) is 3.14. The third kappa shape index (κ3) is 3.83. The molecule has 1 aliphatic rings. The molecule has 1 aliphatic heterocycles. The van der Waals surface area contributed by atoms with E-state index in [0.717, 1.165) is 0 Å². The Labute approximate surface area is 117 Å². The average molecular weight is 288 g/mol. The number of carbonyl (C=O) groups is 3. The summed E-state index contributed by atoms with van der Waals surface area (Å²) in [4.78, 5) is 37.4. The molecular formula is C12H20N2O6. The number of carbonyl (C=O) groups excluding carboxylic acids is 2. The number of methoxy groups -OCH3 is 1. The molecule has 0 spiro atoms. The number of ether oxygens (including phenoxy) is 2. The van der Waals surface area contributed by atoms with Crippen LogP contribution < -0.4 is 0 Å². The van der Waals surface area contributed by atoms with Crippen molar-refractivity contribution >= 4 is 18.0 Å². The Kier molecular flexibility index (Phi) is 5.75. The number of hydrogen-bond donors (Lipinski definition) is 1. The van der Waals surface area contributed by atoms with Crippen molar-refractivity contribution in [1.82, 2.24) is 9.80 Å². The molecule has 0 radical (unpaired) electrons. The average Bonchev–Trinajstić information content (AvgIpc) is 2.45. The highest BCUT2D eigenvalue weighted by Gasteiger charge is 2.35. The molecule has 1 rings (SSSR count). The second-order valence-corrected chi connectivity index (χ2v) is 4.71. The van der Waals surface area contributed by atoms with Crippen LogP contribution in [0.2, 0.25) is 0 Å². The van der Waals surface area contributed by atoms with Gasteiger partial charge in [-0.25, -0.2) is 9.59 Å². The van der Waals surface area contributed by atoms with Crippen molar-refractivity contribution in [2.75, 3.05) is 40.5 Å². The lowest BCUT2D eigenvalue weighted by molar-refractivity contribution is -0.151. The molecule has 1 heterocycles. The second kappa shape index (κ2) is 7.09. The molecule has 0 aliphatic carbocycles. The molecule has 1 N–H and O–H groups in total. The fraction of sp³-hybridized carbons (Fsp3) is 0.750. The number of rotatable bonds is 4. The molecule has 2 amide bonds. The van der Waals surface area contributed by atoms with Crippen molar-refractivity contribution in [3.63, 3.8) is 0 Å². The number of carboxylic acid groups (broad SMARTS) is 1. The third-order valence-corrected chi connectivity index (χ3v) is 3.14. The van der Waals surface area contributed by atoms with Crippen LogP contribution in [0.3, 0.4) is 0 Å². The zero-order valence-electron chi connectivity index (χ0n) is 11.9. The predicted molar refractivity (Wildman–Crippen MR) is 68.2 cm³/mol. The van der Waals surface area contributed by atoms with Crippen molar-refractivity contribution < 1.29 is 29.0 Å². The molecule has 2 unspecified atom stereocenters. The van der Waals surface area contributed by atoms with Crippen molar-refractivity contribution in [2.24, 2.45) is 5.92 Å². The first-order chi connectivity index (χ1) is 9.38. The minimum absolute atomic E-state index is 0.0689. The first kappa shape index (κ1) is 16.2. The fourth-order valence-electron chi connectivity index (χ4n) is 1.95. The SMILES string of the molecule is COC(=O)C1COCCN1C(=O)N(C)CC(C)C(=O)O. The van der Waals surface area contributed by atoms with Gasteiger partial charge in [-0.3, -0.25) is 4.79 Å². The van der Waals surface area contributed by atoms with E-state index < -0.39 is 29.9 Å². The number of urea groups is 1. The van der Waals surface area contributed by atoms with E-state index in [-0.39, 0.29) is 19.7 Å². The largest absolute Gasteiger partial charge is 0.481 e. The summed E-state index contributed by atoms with van der Waals surface area (Å²) in [7, 11) is 2.75. The van der Waals surface area contributed by atoms with Crippen molar-refractivity contribution in [1.29, 1.82) is 0 Å². The molecule has 1 saturated heterocycles. The Morgan fingerprint density at radius 3 is 2.70 bits per heavy atom. The van der Waals surface area contributed by atoms with Crippen LogP contribution in [0.25, 0.3) is 0 Å². The lowest BCUT2D eigenvalue weighted by Crippen LogP contribution is -2.56. The summed E-state index contributed by atoms with van der Waals surface area (Å²) in [6.07, 6.45) is 0. The van der Waals surface area contributed by atoms with E-state index >= 15 is 0 Å². The second-order valence-electron chi connectivity index (χ2n) is 4.71. The maximum Gasteiger partial charge on any atom is 0.331 e. The first-order valence-corrected chi connectivity index (χ1v) is 6.28. The molecule has 1 fully saturated rings. The number of morpholine rings is 1. The van der Waals surface area contributed by atoms with Gasteiger partial charge in [-0.05, 0) is 0 Å². The summed E-state index contributed by atoms with van der Waals surface area (Å²) in [5.74, 6) is -2.20. The Morgan fingerprint density at radius 2 is 2.15 bits per heavy atom. The lowest BCUT2D eigenvalue weighted by atomic mass is 10.2. The van der Waals surface area contributed by atoms with Crippen LogP contribution in [0, 0.1) is 5.92 Å². The summed E-state index contributed by atoms with van der Waals surface area (Å²) in [6.45, 7) is 2.27. The normalized spacial score (nSPS) is 20.1. The van der Waals surface area contributed by atoms with Crippen LogP contribution in [0.5, 0.6) is 0 Å². The zero-order valence-corrected chi connectivity index (χ0v) is 11.9. The standard InChI is InChI=1S/C12H20N2O6/c1-8(10(15)16)6-13(2)12(18)14-4-5-20-7-9(14)11(17)19-3/h8-9H,4-7H2,1-3H3,(H,15,16). The smallest absolute Gasteiger partial charge is 0.331 e. The molecule has 0 aromatic rings. The van der Waals surface area contributed by atoms with Crippen LogP contribution >= 0.6 is 0 Å². The van der Waals surface area contributed by atoms with Gasteiger partial charge in [0.05, 0.1) is 26.2 Å². The van der Waals surface area contributed by atoms with Gasteiger partial charge in [-0.15, -0.1) is 0 Å². The van der Waals surface area contributed by atoms with E-state index in [2.05, 4.69) is 4.74 Å². The molecule has 20 heavy (non-hydrogen) atoms. The van der Waals surface area contributed by atoms with E-state index in [1.165, 1.54) is 30.9 Å². The maximum atomic E-state index is 12.3. The highest BCUT2D eigenvalue weighted by molar-refractivity contribution is 5.84. The zero-order chi connectivity index (χ0) is 15.3. The van der Waals surface area contributed by atoms with Gasteiger partial charge in [0.25, 0.3) is 0 Å². The summed E-state index contributed by atoms with van der Waals surface area (Å²) >= 11 is 0. The molecular weight excluding hydrogens is 268 g/mol. The summed E-state index contributed by atoms with van der Waals surface area (Å²) < 4.78 is 9.82. The quantitative estimate of drug-likeness (QED) is 0.709. The molecule has 0 aromatic heterocycles. The Hall–Kier alpha value is -1.83. The fourth-order valence-corrected chi connectivity index (χ4v) is 1.95. The Bertz CT molecular complexity index is 386. The van der Waals surface area contributed by atoms with E-state index in [9.17, 15) is 14.4 Å². The highest BCUT2D eigenvalue weighted by atomic mass is 16.5. The van der Waals surface area contributed by atoms with Gasteiger partial charge in [-0.2, -0.15) is 0 Å². The van der Waals surface area contributed by atoms with Gasteiger partial charge < -0.3 is 24.4 Å². The first-order valence-electron chi connectivity index (χ1n) is 6.28. The topological polar surface area (TPSA) is 96.4 Å². The monoisotopic (exact) mass is 288 g/mol. The molecule has 2 atom stereocenters. The van der Waals surface area contributed by atoms with Crippen LogP contribution in [0.1, 0.15) is 6.92 Å². The molecule has 0 saturated carbocycles. The van der Waals surface area contributed by atoms with Crippen LogP contribution in [0.15, 0.2) is 0 Å². The van der Waals surface area contributed by atoms with Gasteiger partial charge in [0.1, 0.15) is 0 Å². The Balaban J connectivity index is 2.72. The van der Waals surface area contributed by atoms with E-state index in [4.69, 9.17) is 9.84 Å². The minimum Gasteiger partial charge on any atom is -0.481 e. The molecule has 8 nitrogen and oxygen atoms in total. The van der Waals surface area contributed by atoms with Gasteiger partial charge in [0, 0.05) is 20.1 Å². The maximum absolute atomic E-state index is 12.3. The lowest BCUT2D eigenvalue weighted by Gasteiger charge is -2.36. The molecule has 0 bridgehead atoms. The number of hydrogen-bond acceptors (Lipinski definition) is 5. The predicted octanol–water partition coefficient (Wildman–Crippen LogP) is -0.367. The summed E-state index contributed by atoms with van der Waals surface area (Å²) in [6, 6.07) is -1.19. The van der Waals surface area contributed by atoms with E-state index in [0.29, 0.717) is 6.61 Å². The minimum atomic E-state index is -0.976. The van der Waals surface area contributed by atoms with Gasteiger partial charge in [0.2, 0.25) is 0 Å². The van der Waals surface area contributed by atoms with Crippen molar-refractivity contribution in [3.05, 3.63) is 0 Å². The number of esters is 1. The number of carboxylic acids is 1.